The lowest BCUT2D eigenvalue weighted by molar-refractivity contribution is -0.0769. The number of rotatable bonds is 3. The Kier molecular flexibility index (Phi) is 3.28. The number of aryl methyl sites for hydroxylation is 1. The van der Waals surface area contributed by atoms with Crippen LogP contribution in [0.15, 0.2) is 18.2 Å². The second kappa shape index (κ2) is 4.25. The van der Waals surface area contributed by atoms with Crippen molar-refractivity contribution in [3.63, 3.8) is 0 Å². The number of aliphatic hydroxyl groups excluding tert-OH is 1. The van der Waals surface area contributed by atoms with Crippen LogP contribution in [0.5, 0.6) is 5.75 Å². The summed E-state index contributed by atoms with van der Waals surface area (Å²) in [5.41, 5.74) is 1.72. The Morgan fingerprint density at radius 1 is 1.31 bits per heavy atom. The lowest BCUT2D eigenvalue weighted by atomic mass is 10.1. The van der Waals surface area contributed by atoms with Crippen LogP contribution in [0.25, 0.3) is 0 Å². The van der Waals surface area contributed by atoms with E-state index in [0.29, 0.717) is 0 Å². The van der Waals surface area contributed by atoms with E-state index in [1.54, 1.807) is 13.2 Å². The van der Waals surface area contributed by atoms with Crippen molar-refractivity contribution in [2.45, 2.75) is 13.2 Å². The van der Waals surface area contributed by atoms with Crippen molar-refractivity contribution in [2.24, 2.45) is 0 Å². The van der Waals surface area contributed by atoms with Crippen LogP contribution in [0.3, 0.4) is 0 Å². The number of benzene rings is 1. The van der Waals surface area contributed by atoms with E-state index in [9.17, 15) is 5.11 Å². The van der Waals surface area contributed by atoms with Gasteiger partial charge in [-0.1, -0.05) is 6.07 Å². The average molecular weight is 182 g/mol. The monoisotopic (exact) mass is 182 g/mol. The maximum Gasteiger partial charge on any atom is 0.180 e. The van der Waals surface area contributed by atoms with Crippen LogP contribution >= 0.6 is 0 Å². The molecule has 1 atom stereocenters. The number of methoxy groups -OCH3 is 2. The lowest BCUT2D eigenvalue weighted by Crippen LogP contribution is -2.00. The zero-order valence-corrected chi connectivity index (χ0v) is 8.07. The molecule has 0 aromatic heterocycles. The van der Waals surface area contributed by atoms with Crippen LogP contribution in [0.1, 0.15) is 17.4 Å². The molecule has 1 rings (SSSR count). The van der Waals surface area contributed by atoms with E-state index in [1.807, 2.05) is 19.1 Å². The van der Waals surface area contributed by atoms with Crippen LogP contribution in [-0.2, 0) is 4.74 Å². The second-order valence-electron chi connectivity index (χ2n) is 2.82. The molecule has 0 aliphatic carbocycles. The fourth-order valence-electron chi connectivity index (χ4n) is 1.19. The molecule has 13 heavy (non-hydrogen) atoms. The molecule has 1 aromatic carbocycles. The van der Waals surface area contributed by atoms with Crippen molar-refractivity contribution in [1.82, 2.24) is 0 Å². The molecule has 0 radical (unpaired) electrons. The van der Waals surface area contributed by atoms with E-state index < -0.39 is 6.29 Å². The van der Waals surface area contributed by atoms with Crippen molar-refractivity contribution >= 4 is 0 Å². The van der Waals surface area contributed by atoms with Gasteiger partial charge < -0.3 is 14.6 Å². The summed E-state index contributed by atoms with van der Waals surface area (Å²) in [6.45, 7) is 1.92. The maximum atomic E-state index is 9.35. The topological polar surface area (TPSA) is 38.7 Å². The summed E-state index contributed by atoms with van der Waals surface area (Å²) < 4.78 is 9.87. The minimum Gasteiger partial charge on any atom is -0.496 e. The molecule has 0 heterocycles. The summed E-state index contributed by atoms with van der Waals surface area (Å²) in [5.74, 6) is 0.812. The SMILES string of the molecule is COc1ccc(C(O)OC)cc1C. The van der Waals surface area contributed by atoms with E-state index in [1.165, 1.54) is 7.11 Å². The first kappa shape index (κ1) is 10.0. The predicted octanol–water partition coefficient (Wildman–Crippen LogP) is 1.64. The van der Waals surface area contributed by atoms with Crippen molar-refractivity contribution < 1.29 is 14.6 Å². The van der Waals surface area contributed by atoms with E-state index in [2.05, 4.69) is 0 Å². The van der Waals surface area contributed by atoms with Gasteiger partial charge in [-0.25, -0.2) is 0 Å². The van der Waals surface area contributed by atoms with E-state index in [0.717, 1.165) is 16.9 Å². The quantitative estimate of drug-likeness (QED) is 0.722. The Morgan fingerprint density at radius 3 is 2.46 bits per heavy atom. The summed E-state index contributed by atoms with van der Waals surface area (Å²) in [6, 6.07) is 5.43. The summed E-state index contributed by atoms with van der Waals surface area (Å²) in [6.07, 6.45) is -0.857. The minimum atomic E-state index is -0.857. The van der Waals surface area contributed by atoms with Gasteiger partial charge in [-0.05, 0) is 24.6 Å². The van der Waals surface area contributed by atoms with Crippen LogP contribution in [0, 0.1) is 6.92 Å². The predicted molar refractivity (Wildman–Crippen MR) is 49.7 cm³/mol. The minimum absolute atomic E-state index is 0.737. The third-order valence-corrected chi connectivity index (χ3v) is 1.93. The van der Waals surface area contributed by atoms with Gasteiger partial charge in [-0.3, -0.25) is 0 Å². The van der Waals surface area contributed by atoms with Gasteiger partial charge in [0.05, 0.1) is 7.11 Å². The van der Waals surface area contributed by atoms with Crippen molar-refractivity contribution in [3.8, 4) is 5.75 Å². The van der Waals surface area contributed by atoms with Gasteiger partial charge in [0.15, 0.2) is 6.29 Å². The van der Waals surface area contributed by atoms with Gasteiger partial charge in [0, 0.05) is 12.7 Å². The van der Waals surface area contributed by atoms with Gasteiger partial charge in [0.25, 0.3) is 0 Å². The number of hydrogen-bond donors (Lipinski definition) is 1. The van der Waals surface area contributed by atoms with Crippen LogP contribution < -0.4 is 4.74 Å². The first-order valence-corrected chi connectivity index (χ1v) is 4.04. The van der Waals surface area contributed by atoms with Crippen LogP contribution in [-0.4, -0.2) is 19.3 Å². The standard InChI is InChI=1S/C10H14O3/c1-7-6-8(10(11)13-3)4-5-9(7)12-2/h4-6,10-11H,1-3H3. The highest BCUT2D eigenvalue weighted by Crippen LogP contribution is 2.22. The zero-order chi connectivity index (χ0) is 9.84. The number of ether oxygens (including phenoxy) is 2. The van der Waals surface area contributed by atoms with E-state index >= 15 is 0 Å². The third-order valence-electron chi connectivity index (χ3n) is 1.93. The number of hydrogen-bond acceptors (Lipinski definition) is 3. The van der Waals surface area contributed by atoms with Crippen LogP contribution in [0.4, 0.5) is 0 Å². The Balaban J connectivity index is 2.95. The Morgan fingerprint density at radius 2 is 2.00 bits per heavy atom. The Labute approximate surface area is 77.9 Å². The summed E-state index contributed by atoms with van der Waals surface area (Å²) in [7, 11) is 3.08. The molecule has 0 aliphatic heterocycles. The van der Waals surface area contributed by atoms with E-state index in [-0.39, 0.29) is 0 Å². The van der Waals surface area contributed by atoms with Crippen molar-refractivity contribution in [3.05, 3.63) is 29.3 Å². The smallest absolute Gasteiger partial charge is 0.180 e. The second-order valence-corrected chi connectivity index (χ2v) is 2.82. The molecule has 3 nitrogen and oxygen atoms in total. The lowest BCUT2D eigenvalue weighted by Gasteiger charge is -2.11. The van der Waals surface area contributed by atoms with Crippen LogP contribution in [0.2, 0.25) is 0 Å². The molecule has 1 aromatic rings. The fourth-order valence-corrected chi connectivity index (χ4v) is 1.19. The van der Waals surface area contributed by atoms with Gasteiger partial charge in [-0.15, -0.1) is 0 Å². The summed E-state index contributed by atoms with van der Waals surface area (Å²) in [4.78, 5) is 0. The van der Waals surface area contributed by atoms with Crippen molar-refractivity contribution in [1.29, 1.82) is 0 Å². The van der Waals surface area contributed by atoms with E-state index in [4.69, 9.17) is 9.47 Å². The zero-order valence-electron chi connectivity index (χ0n) is 8.07. The number of aliphatic hydroxyl groups is 1. The summed E-state index contributed by atoms with van der Waals surface area (Å²) in [5, 5.41) is 9.35. The molecule has 0 saturated carbocycles. The maximum absolute atomic E-state index is 9.35. The highest BCUT2D eigenvalue weighted by molar-refractivity contribution is 5.36. The molecule has 1 N–H and O–H groups in total. The molecule has 0 amide bonds. The highest BCUT2D eigenvalue weighted by atomic mass is 16.6. The molecular weight excluding hydrogens is 168 g/mol. The van der Waals surface area contributed by atoms with Gasteiger partial charge in [0.2, 0.25) is 0 Å². The largest absolute Gasteiger partial charge is 0.496 e. The molecule has 1 unspecified atom stereocenters. The first-order chi connectivity index (χ1) is 6.19. The summed E-state index contributed by atoms with van der Waals surface area (Å²) >= 11 is 0. The average Bonchev–Trinajstić information content (AvgIpc) is 2.16. The third kappa shape index (κ3) is 2.20. The van der Waals surface area contributed by atoms with Crippen molar-refractivity contribution in [2.75, 3.05) is 14.2 Å². The molecule has 0 fully saturated rings. The first-order valence-electron chi connectivity index (χ1n) is 4.04. The molecular formula is C10H14O3. The Bertz CT molecular complexity index is 283. The Hall–Kier alpha value is -1.06. The van der Waals surface area contributed by atoms with Gasteiger partial charge in [-0.2, -0.15) is 0 Å². The molecule has 0 bridgehead atoms. The molecule has 0 saturated heterocycles. The normalized spacial score (nSPS) is 12.6. The molecule has 0 spiro atoms. The molecule has 3 heteroatoms. The van der Waals surface area contributed by atoms with Gasteiger partial charge in [0.1, 0.15) is 5.75 Å². The fraction of sp³-hybridized carbons (Fsp3) is 0.400. The molecule has 0 aliphatic rings. The van der Waals surface area contributed by atoms with Gasteiger partial charge >= 0.3 is 0 Å². The molecule has 72 valence electrons. The highest BCUT2D eigenvalue weighted by Gasteiger charge is 2.07.